The predicted octanol–water partition coefficient (Wildman–Crippen LogP) is 4.68. The third-order valence-electron chi connectivity index (χ3n) is 3.51. The maximum atomic E-state index is 3.60. The molecule has 1 heterocycles. The minimum atomic E-state index is 0.415. The zero-order valence-corrected chi connectivity index (χ0v) is 15.1. The maximum Gasteiger partial charge on any atom is 0.0332 e. The molecule has 2 rings (SSSR count). The summed E-state index contributed by atoms with van der Waals surface area (Å²) in [6, 6.07) is 13.4. The number of halogens is 1. The zero-order chi connectivity index (χ0) is 15.1. The van der Waals surface area contributed by atoms with Crippen LogP contribution >= 0.6 is 27.3 Å². The van der Waals surface area contributed by atoms with Crippen LogP contribution in [0.4, 0.5) is 0 Å². The van der Waals surface area contributed by atoms with Crippen molar-refractivity contribution >= 4 is 27.3 Å². The molecule has 1 N–H and O–H groups in total. The van der Waals surface area contributed by atoms with Gasteiger partial charge in [-0.1, -0.05) is 41.1 Å². The molecule has 0 saturated carbocycles. The Morgan fingerprint density at radius 3 is 2.81 bits per heavy atom. The van der Waals surface area contributed by atoms with Gasteiger partial charge in [-0.25, -0.2) is 0 Å². The number of thiophene rings is 1. The Kier molecular flexibility index (Phi) is 6.90. The van der Waals surface area contributed by atoms with Gasteiger partial charge in [0, 0.05) is 28.5 Å². The molecule has 21 heavy (non-hydrogen) atoms. The summed E-state index contributed by atoms with van der Waals surface area (Å²) < 4.78 is 1.15. The first-order valence-electron chi connectivity index (χ1n) is 7.38. The second kappa shape index (κ2) is 8.69. The minimum absolute atomic E-state index is 0.415. The number of nitrogens with one attached hydrogen (secondary N) is 1. The smallest absolute Gasteiger partial charge is 0.0332 e. The Morgan fingerprint density at radius 2 is 2.14 bits per heavy atom. The van der Waals surface area contributed by atoms with Gasteiger partial charge in [0.15, 0.2) is 0 Å². The van der Waals surface area contributed by atoms with E-state index in [0.717, 1.165) is 30.5 Å². The number of rotatable bonds is 8. The second-order valence-electron chi connectivity index (χ2n) is 5.27. The third kappa shape index (κ3) is 5.55. The summed E-state index contributed by atoms with van der Waals surface area (Å²) in [5, 5.41) is 5.74. The lowest BCUT2D eigenvalue weighted by atomic mass is 10.0. The lowest BCUT2D eigenvalue weighted by molar-refractivity contribution is 0.303. The number of nitrogens with zero attached hydrogens (tertiary/aromatic N) is 1. The van der Waals surface area contributed by atoms with E-state index < -0.39 is 0 Å². The van der Waals surface area contributed by atoms with Gasteiger partial charge in [-0.15, -0.1) is 11.3 Å². The zero-order valence-electron chi connectivity index (χ0n) is 12.7. The summed E-state index contributed by atoms with van der Waals surface area (Å²) in [4.78, 5) is 3.83. The Balaban J connectivity index is 1.90. The van der Waals surface area contributed by atoms with E-state index in [1.165, 1.54) is 10.4 Å². The van der Waals surface area contributed by atoms with Crippen molar-refractivity contribution in [1.82, 2.24) is 10.2 Å². The van der Waals surface area contributed by atoms with Gasteiger partial charge in [0.25, 0.3) is 0 Å². The highest BCUT2D eigenvalue weighted by atomic mass is 79.9. The van der Waals surface area contributed by atoms with Crippen LogP contribution in [0.3, 0.4) is 0 Å². The predicted molar refractivity (Wildman–Crippen MR) is 95.8 cm³/mol. The molecule has 0 aliphatic heterocycles. The maximum absolute atomic E-state index is 3.60. The average Bonchev–Trinajstić information content (AvgIpc) is 2.96. The van der Waals surface area contributed by atoms with Gasteiger partial charge in [0.1, 0.15) is 0 Å². The van der Waals surface area contributed by atoms with E-state index in [-0.39, 0.29) is 0 Å². The molecule has 0 amide bonds. The summed E-state index contributed by atoms with van der Waals surface area (Å²) in [6.45, 7) is 5.28. The van der Waals surface area contributed by atoms with Gasteiger partial charge in [0.05, 0.1) is 0 Å². The fourth-order valence-electron chi connectivity index (χ4n) is 2.45. The first kappa shape index (κ1) is 16.7. The van der Waals surface area contributed by atoms with Crippen molar-refractivity contribution < 1.29 is 0 Å². The Labute approximate surface area is 140 Å². The number of benzene rings is 1. The third-order valence-corrected chi connectivity index (χ3v) is 4.86. The van der Waals surface area contributed by atoms with Crippen LogP contribution in [-0.4, -0.2) is 25.0 Å². The van der Waals surface area contributed by atoms with Crippen molar-refractivity contribution in [2.24, 2.45) is 0 Å². The number of hydrogen-bond acceptors (Lipinski definition) is 3. The average molecular weight is 367 g/mol. The van der Waals surface area contributed by atoms with Crippen LogP contribution < -0.4 is 5.32 Å². The first-order valence-corrected chi connectivity index (χ1v) is 9.06. The quantitative estimate of drug-likeness (QED) is 0.729. The molecule has 0 radical (unpaired) electrons. The van der Waals surface area contributed by atoms with E-state index in [1.807, 2.05) is 11.3 Å². The van der Waals surface area contributed by atoms with Crippen molar-refractivity contribution in [2.75, 3.05) is 20.1 Å². The molecule has 0 saturated heterocycles. The van der Waals surface area contributed by atoms with E-state index in [9.17, 15) is 0 Å². The Bertz CT molecular complexity index is 527. The van der Waals surface area contributed by atoms with Gasteiger partial charge in [-0.05, 0) is 49.2 Å². The van der Waals surface area contributed by atoms with Crippen molar-refractivity contribution in [3.63, 3.8) is 0 Å². The van der Waals surface area contributed by atoms with Gasteiger partial charge >= 0.3 is 0 Å². The van der Waals surface area contributed by atoms with Crippen LogP contribution in [0.5, 0.6) is 0 Å². The fraction of sp³-hybridized carbons (Fsp3) is 0.412. The molecule has 1 aromatic heterocycles. The molecule has 2 aromatic rings. The molecule has 0 spiro atoms. The number of hydrogen-bond donors (Lipinski definition) is 1. The Morgan fingerprint density at radius 1 is 1.29 bits per heavy atom. The highest BCUT2D eigenvalue weighted by molar-refractivity contribution is 9.10. The molecule has 2 nitrogen and oxygen atoms in total. The van der Waals surface area contributed by atoms with Crippen LogP contribution in [0.2, 0.25) is 0 Å². The molecule has 1 aromatic carbocycles. The Hall–Kier alpha value is -0.680. The minimum Gasteiger partial charge on any atom is -0.310 e. The van der Waals surface area contributed by atoms with Crippen molar-refractivity contribution in [3.05, 3.63) is 56.7 Å². The van der Waals surface area contributed by atoms with Gasteiger partial charge in [-0.2, -0.15) is 0 Å². The molecule has 0 aliphatic rings. The molecular formula is C17H23BrN2S. The second-order valence-corrected chi connectivity index (χ2v) is 7.22. The molecule has 0 fully saturated rings. The topological polar surface area (TPSA) is 15.3 Å². The summed E-state index contributed by atoms with van der Waals surface area (Å²) in [7, 11) is 2.20. The first-order chi connectivity index (χ1) is 10.2. The van der Waals surface area contributed by atoms with Gasteiger partial charge in [0.2, 0.25) is 0 Å². The molecule has 4 heteroatoms. The van der Waals surface area contributed by atoms with Crippen molar-refractivity contribution in [3.8, 4) is 0 Å². The van der Waals surface area contributed by atoms with Crippen molar-refractivity contribution in [1.29, 1.82) is 0 Å². The van der Waals surface area contributed by atoms with Crippen LogP contribution in [0.1, 0.15) is 29.8 Å². The summed E-state index contributed by atoms with van der Waals surface area (Å²) in [5.74, 6) is 0. The SMILES string of the molecule is CCNC(CCN(C)Cc1cccs1)c1cccc(Br)c1. The lowest BCUT2D eigenvalue weighted by Crippen LogP contribution is -2.27. The molecular weight excluding hydrogens is 344 g/mol. The highest BCUT2D eigenvalue weighted by Crippen LogP contribution is 2.21. The summed E-state index contributed by atoms with van der Waals surface area (Å²) in [6.07, 6.45) is 1.12. The van der Waals surface area contributed by atoms with E-state index in [0.29, 0.717) is 6.04 Å². The monoisotopic (exact) mass is 366 g/mol. The standard InChI is InChI=1S/C17H23BrN2S/c1-3-19-17(14-6-4-7-15(18)12-14)9-10-20(2)13-16-8-5-11-21-16/h4-8,11-12,17,19H,3,9-10,13H2,1-2H3. The van der Waals surface area contributed by atoms with Gasteiger partial charge in [-0.3, -0.25) is 0 Å². The van der Waals surface area contributed by atoms with Gasteiger partial charge < -0.3 is 10.2 Å². The molecule has 114 valence electrons. The van der Waals surface area contributed by atoms with E-state index in [4.69, 9.17) is 0 Å². The molecule has 1 unspecified atom stereocenters. The largest absolute Gasteiger partial charge is 0.310 e. The fourth-order valence-corrected chi connectivity index (χ4v) is 3.65. The van der Waals surface area contributed by atoms with Crippen LogP contribution in [0, 0.1) is 0 Å². The van der Waals surface area contributed by atoms with Crippen LogP contribution in [-0.2, 0) is 6.54 Å². The normalized spacial score (nSPS) is 12.8. The summed E-state index contributed by atoms with van der Waals surface area (Å²) >= 11 is 5.40. The van der Waals surface area contributed by atoms with E-state index in [2.05, 4.69) is 81.9 Å². The van der Waals surface area contributed by atoms with Crippen LogP contribution in [0.25, 0.3) is 0 Å². The summed E-state index contributed by atoms with van der Waals surface area (Å²) in [5.41, 5.74) is 1.36. The van der Waals surface area contributed by atoms with Crippen molar-refractivity contribution in [2.45, 2.75) is 25.9 Å². The highest BCUT2D eigenvalue weighted by Gasteiger charge is 2.12. The van der Waals surface area contributed by atoms with E-state index >= 15 is 0 Å². The molecule has 1 atom stereocenters. The lowest BCUT2D eigenvalue weighted by Gasteiger charge is -2.22. The molecule has 0 bridgehead atoms. The molecule has 0 aliphatic carbocycles. The van der Waals surface area contributed by atoms with E-state index in [1.54, 1.807) is 0 Å². The van der Waals surface area contributed by atoms with Crippen LogP contribution in [0.15, 0.2) is 46.3 Å².